The van der Waals surface area contributed by atoms with Gasteiger partial charge in [0, 0.05) is 12.0 Å². The maximum absolute atomic E-state index is 11.3. The van der Waals surface area contributed by atoms with Gasteiger partial charge in [-0.15, -0.1) is 0 Å². The molecule has 76 valence electrons. The molecule has 1 aromatic heterocycles. The Morgan fingerprint density at radius 1 is 1.64 bits per heavy atom. The van der Waals surface area contributed by atoms with Gasteiger partial charge in [0.15, 0.2) is 5.69 Å². The molecule has 1 heterocycles. The topological polar surface area (TPSA) is 69.4 Å². The molecule has 5 nitrogen and oxygen atoms in total. The number of ether oxygens (including phenoxy) is 1. The molecule has 0 aliphatic heterocycles. The second-order valence-electron chi connectivity index (χ2n) is 2.66. The highest BCUT2D eigenvalue weighted by atomic mass is 16.5. The minimum atomic E-state index is -0.554. The van der Waals surface area contributed by atoms with Gasteiger partial charge >= 0.3 is 5.97 Å². The van der Waals surface area contributed by atoms with Gasteiger partial charge in [-0.2, -0.15) is 0 Å². The van der Waals surface area contributed by atoms with Gasteiger partial charge in [0.25, 0.3) is 0 Å². The molecular formula is C9H11NO4. The molecule has 0 saturated carbocycles. The lowest BCUT2D eigenvalue weighted by Gasteiger charge is -1.98. The highest BCUT2D eigenvalue weighted by Gasteiger charge is 2.19. The molecule has 0 aromatic carbocycles. The Labute approximate surface area is 81.0 Å². The van der Waals surface area contributed by atoms with Crippen LogP contribution in [-0.2, 0) is 16.0 Å². The average Bonchev–Trinajstić information content (AvgIpc) is 2.50. The number of esters is 1. The first-order chi connectivity index (χ1) is 6.70. The fraction of sp³-hybridized carbons (Fsp3) is 0.444. The fourth-order valence-electron chi connectivity index (χ4n) is 1.07. The molecule has 0 unspecified atom stereocenters. The normalized spacial score (nSPS) is 9.86. The number of carbonyl (C=O) groups excluding carboxylic acids is 2. The van der Waals surface area contributed by atoms with E-state index in [4.69, 9.17) is 9.26 Å². The number of aryl methyl sites for hydroxylation is 1. The van der Waals surface area contributed by atoms with Crippen molar-refractivity contribution in [3.63, 3.8) is 0 Å². The molecule has 1 aromatic rings. The maximum atomic E-state index is 11.3. The first kappa shape index (κ1) is 10.4. The van der Waals surface area contributed by atoms with E-state index in [1.165, 1.54) is 0 Å². The van der Waals surface area contributed by atoms with E-state index in [0.29, 0.717) is 17.6 Å². The van der Waals surface area contributed by atoms with E-state index in [0.717, 1.165) is 0 Å². The van der Waals surface area contributed by atoms with E-state index in [2.05, 4.69) is 5.16 Å². The van der Waals surface area contributed by atoms with Crippen LogP contribution in [0.1, 0.15) is 28.7 Å². The number of nitrogens with zero attached hydrogens (tertiary/aromatic N) is 1. The van der Waals surface area contributed by atoms with Gasteiger partial charge in [0.05, 0.1) is 6.61 Å². The Bertz CT molecular complexity index is 343. The van der Waals surface area contributed by atoms with E-state index in [1.54, 1.807) is 13.8 Å². The quantitative estimate of drug-likeness (QED) is 0.529. The lowest BCUT2D eigenvalue weighted by molar-refractivity contribution is -0.107. The predicted molar refractivity (Wildman–Crippen MR) is 47.0 cm³/mol. The zero-order chi connectivity index (χ0) is 10.6. The van der Waals surface area contributed by atoms with Gasteiger partial charge in [-0.3, -0.25) is 0 Å². The molecule has 0 bridgehead atoms. The first-order valence-corrected chi connectivity index (χ1v) is 4.26. The number of aldehydes is 1. The monoisotopic (exact) mass is 197 g/mol. The molecular weight excluding hydrogens is 186 g/mol. The zero-order valence-electron chi connectivity index (χ0n) is 8.07. The molecule has 0 aliphatic carbocycles. The highest BCUT2D eigenvalue weighted by molar-refractivity contribution is 5.89. The van der Waals surface area contributed by atoms with Crippen LogP contribution in [0.25, 0.3) is 0 Å². The lowest BCUT2D eigenvalue weighted by atomic mass is 10.1. The van der Waals surface area contributed by atoms with Crippen molar-refractivity contribution in [1.29, 1.82) is 0 Å². The number of hydrogen-bond donors (Lipinski definition) is 0. The van der Waals surface area contributed by atoms with E-state index < -0.39 is 5.97 Å². The molecule has 0 amide bonds. The summed E-state index contributed by atoms with van der Waals surface area (Å²) in [4.78, 5) is 21.6. The van der Waals surface area contributed by atoms with Crippen LogP contribution in [0.5, 0.6) is 0 Å². The lowest BCUT2D eigenvalue weighted by Crippen LogP contribution is -2.08. The van der Waals surface area contributed by atoms with Crippen LogP contribution in [0, 0.1) is 6.92 Å². The Kier molecular flexibility index (Phi) is 3.39. The van der Waals surface area contributed by atoms with Crippen molar-refractivity contribution in [2.24, 2.45) is 0 Å². The van der Waals surface area contributed by atoms with Crippen LogP contribution >= 0.6 is 0 Å². The number of carbonyl (C=O) groups is 2. The molecule has 0 radical (unpaired) electrons. The first-order valence-electron chi connectivity index (χ1n) is 4.26. The summed E-state index contributed by atoms with van der Waals surface area (Å²) in [6, 6.07) is 0. The molecule has 0 spiro atoms. The molecule has 14 heavy (non-hydrogen) atoms. The second kappa shape index (κ2) is 4.55. The molecule has 0 N–H and O–H groups in total. The van der Waals surface area contributed by atoms with E-state index >= 15 is 0 Å². The molecule has 0 atom stereocenters. The Balaban J connectivity index is 2.95. The van der Waals surface area contributed by atoms with Gasteiger partial charge in [0.2, 0.25) is 0 Å². The van der Waals surface area contributed by atoms with Crippen LogP contribution in [0.2, 0.25) is 0 Å². The van der Waals surface area contributed by atoms with Gasteiger partial charge in [-0.25, -0.2) is 4.79 Å². The minimum Gasteiger partial charge on any atom is -0.461 e. The zero-order valence-corrected chi connectivity index (χ0v) is 8.07. The summed E-state index contributed by atoms with van der Waals surface area (Å²) in [5.74, 6) is -0.0821. The van der Waals surface area contributed by atoms with Crippen LogP contribution in [0.4, 0.5) is 0 Å². The summed E-state index contributed by atoms with van der Waals surface area (Å²) < 4.78 is 9.56. The average molecular weight is 197 g/mol. The van der Waals surface area contributed by atoms with Crippen molar-refractivity contribution < 1.29 is 18.8 Å². The smallest absolute Gasteiger partial charge is 0.360 e. The van der Waals surface area contributed by atoms with Crippen molar-refractivity contribution in [3.05, 3.63) is 17.0 Å². The molecule has 0 saturated heterocycles. The van der Waals surface area contributed by atoms with Gasteiger partial charge in [-0.1, -0.05) is 5.16 Å². The fourth-order valence-corrected chi connectivity index (χ4v) is 1.07. The van der Waals surface area contributed by atoms with Crippen molar-refractivity contribution in [2.75, 3.05) is 6.61 Å². The van der Waals surface area contributed by atoms with Crippen LogP contribution < -0.4 is 0 Å². The minimum absolute atomic E-state index is 0.0939. The Morgan fingerprint density at radius 3 is 2.93 bits per heavy atom. The summed E-state index contributed by atoms with van der Waals surface area (Å²) in [5.41, 5.74) is 0.593. The third kappa shape index (κ3) is 1.99. The molecule has 5 heteroatoms. The third-order valence-corrected chi connectivity index (χ3v) is 1.74. The highest BCUT2D eigenvalue weighted by Crippen LogP contribution is 2.14. The summed E-state index contributed by atoms with van der Waals surface area (Å²) in [6.07, 6.45) is 0.811. The van der Waals surface area contributed by atoms with Gasteiger partial charge in [-0.05, 0) is 13.8 Å². The molecule has 0 aliphatic rings. The van der Waals surface area contributed by atoms with Crippen LogP contribution in [0.15, 0.2) is 4.52 Å². The van der Waals surface area contributed by atoms with E-state index in [-0.39, 0.29) is 18.7 Å². The van der Waals surface area contributed by atoms with Gasteiger partial charge in [0.1, 0.15) is 12.0 Å². The Hall–Kier alpha value is -1.65. The van der Waals surface area contributed by atoms with Gasteiger partial charge < -0.3 is 14.1 Å². The standard InChI is InChI=1S/C9H11NO4/c1-3-13-9(12)8-7(4-5-11)6(2)14-10-8/h5H,3-4H2,1-2H3. The SMILES string of the molecule is CCOC(=O)c1noc(C)c1CC=O. The summed E-state index contributed by atoms with van der Waals surface area (Å²) in [5, 5.41) is 3.54. The Morgan fingerprint density at radius 2 is 2.36 bits per heavy atom. The molecule has 0 fully saturated rings. The summed E-state index contributed by atoms with van der Waals surface area (Å²) in [7, 11) is 0. The third-order valence-electron chi connectivity index (χ3n) is 1.74. The maximum Gasteiger partial charge on any atom is 0.360 e. The van der Waals surface area contributed by atoms with Crippen LogP contribution in [0.3, 0.4) is 0 Å². The summed E-state index contributed by atoms with van der Waals surface area (Å²) >= 11 is 0. The summed E-state index contributed by atoms with van der Waals surface area (Å²) in [6.45, 7) is 3.62. The van der Waals surface area contributed by atoms with E-state index in [9.17, 15) is 9.59 Å². The van der Waals surface area contributed by atoms with Crippen molar-refractivity contribution in [2.45, 2.75) is 20.3 Å². The van der Waals surface area contributed by atoms with E-state index in [1.807, 2.05) is 0 Å². The number of aromatic nitrogens is 1. The van der Waals surface area contributed by atoms with Crippen molar-refractivity contribution in [3.8, 4) is 0 Å². The predicted octanol–water partition coefficient (Wildman–Crippen LogP) is 0.901. The number of hydrogen-bond acceptors (Lipinski definition) is 5. The largest absolute Gasteiger partial charge is 0.461 e. The second-order valence-corrected chi connectivity index (χ2v) is 2.66. The van der Waals surface area contributed by atoms with Crippen LogP contribution in [-0.4, -0.2) is 24.0 Å². The van der Waals surface area contributed by atoms with Crippen molar-refractivity contribution >= 4 is 12.3 Å². The van der Waals surface area contributed by atoms with Crippen molar-refractivity contribution in [1.82, 2.24) is 5.16 Å². The molecule has 1 rings (SSSR count). The number of rotatable bonds is 4.